The van der Waals surface area contributed by atoms with E-state index in [0.29, 0.717) is 15.7 Å². The normalized spacial score (nSPS) is 13.6. The average Bonchev–Trinajstić information content (AvgIpc) is 2.87. The number of carbonyl (C=O) groups excluding carboxylic acids is 2. The second-order valence-corrected chi connectivity index (χ2v) is 5.53. The number of ether oxygens (including phenoxy) is 1. The van der Waals surface area contributed by atoms with E-state index in [-0.39, 0.29) is 12.5 Å². The molecule has 1 aromatic carbocycles. The predicted molar refractivity (Wildman–Crippen MR) is 80.3 cm³/mol. The van der Waals surface area contributed by atoms with E-state index in [1.165, 1.54) is 18.4 Å². The van der Waals surface area contributed by atoms with Gasteiger partial charge in [-0.1, -0.05) is 23.5 Å². The molecule has 0 atom stereocenters. The second kappa shape index (κ2) is 5.17. The van der Waals surface area contributed by atoms with Crippen LogP contribution < -0.4 is 10.2 Å². The summed E-state index contributed by atoms with van der Waals surface area (Å²) in [6, 6.07) is 7.49. The Morgan fingerprint density at radius 1 is 1.43 bits per heavy atom. The number of para-hydroxylation sites is 2. The molecule has 0 unspecified atom stereocenters. The van der Waals surface area contributed by atoms with Gasteiger partial charge in [-0.3, -0.25) is 4.79 Å². The molecule has 1 aliphatic rings. The molecule has 1 amide bonds. The third-order valence-electron chi connectivity index (χ3n) is 3.16. The summed E-state index contributed by atoms with van der Waals surface area (Å²) in [7, 11) is 1.34. The van der Waals surface area contributed by atoms with Crippen LogP contribution in [-0.2, 0) is 9.53 Å². The minimum atomic E-state index is -0.411. The van der Waals surface area contributed by atoms with Crippen LogP contribution >= 0.6 is 11.3 Å². The minimum absolute atomic E-state index is 0.110. The predicted octanol–water partition coefficient (Wildman–Crippen LogP) is 2.33. The van der Waals surface area contributed by atoms with E-state index in [1.807, 2.05) is 24.3 Å². The number of thiazole rings is 1. The van der Waals surface area contributed by atoms with Crippen molar-refractivity contribution < 1.29 is 14.3 Å². The van der Waals surface area contributed by atoms with Gasteiger partial charge in [0.25, 0.3) is 0 Å². The monoisotopic (exact) mass is 303 g/mol. The molecule has 3 rings (SSSR count). The van der Waals surface area contributed by atoms with Crippen LogP contribution in [0.25, 0.3) is 0 Å². The first-order valence-corrected chi connectivity index (χ1v) is 7.14. The van der Waals surface area contributed by atoms with Gasteiger partial charge in [0.2, 0.25) is 5.91 Å². The van der Waals surface area contributed by atoms with Gasteiger partial charge in [-0.25, -0.2) is 9.78 Å². The molecule has 1 N–H and O–H groups in total. The van der Waals surface area contributed by atoms with Crippen LogP contribution in [0.5, 0.6) is 0 Å². The highest BCUT2D eigenvalue weighted by Gasteiger charge is 2.27. The molecule has 1 aliphatic heterocycles. The molecule has 2 aromatic rings. The van der Waals surface area contributed by atoms with Crippen molar-refractivity contribution >= 4 is 39.7 Å². The first-order chi connectivity index (χ1) is 10.1. The van der Waals surface area contributed by atoms with Gasteiger partial charge in [0.05, 0.1) is 24.2 Å². The molecule has 0 aliphatic carbocycles. The topological polar surface area (TPSA) is 71.5 Å². The van der Waals surface area contributed by atoms with Crippen molar-refractivity contribution in [1.82, 2.24) is 4.98 Å². The highest BCUT2D eigenvalue weighted by atomic mass is 32.1. The number of aromatic nitrogens is 1. The largest absolute Gasteiger partial charge is 0.465 e. The summed E-state index contributed by atoms with van der Waals surface area (Å²) in [5.74, 6) is -0.521. The third-order valence-corrected chi connectivity index (χ3v) is 4.32. The highest BCUT2D eigenvalue weighted by molar-refractivity contribution is 7.17. The van der Waals surface area contributed by atoms with Gasteiger partial charge in [-0.05, 0) is 19.1 Å². The summed E-state index contributed by atoms with van der Waals surface area (Å²) in [4.78, 5) is 30.2. The van der Waals surface area contributed by atoms with Crippen molar-refractivity contribution in [2.75, 3.05) is 23.9 Å². The highest BCUT2D eigenvalue weighted by Crippen LogP contribution is 2.37. The van der Waals surface area contributed by atoms with E-state index in [9.17, 15) is 9.59 Å². The zero-order valence-corrected chi connectivity index (χ0v) is 12.4. The molecule has 7 heteroatoms. The Morgan fingerprint density at radius 3 is 2.95 bits per heavy atom. The quantitative estimate of drug-likeness (QED) is 0.862. The van der Waals surface area contributed by atoms with Crippen molar-refractivity contribution in [2.24, 2.45) is 0 Å². The van der Waals surface area contributed by atoms with Crippen LogP contribution in [0, 0.1) is 6.92 Å². The van der Waals surface area contributed by atoms with E-state index in [0.717, 1.165) is 11.4 Å². The third kappa shape index (κ3) is 2.36. The lowest BCUT2D eigenvalue weighted by molar-refractivity contribution is -0.115. The maximum Gasteiger partial charge on any atom is 0.350 e. The number of carbonyl (C=O) groups is 2. The summed E-state index contributed by atoms with van der Waals surface area (Å²) < 4.78 is 4.74. The number of amides is 1. The lowest BCUT2D eigenvalue weighted by Gasteiger charge is -2.28. The minimum Gasteiger partial charge on any atom is -0.465 e. The number of hydrogen-bond acceptors (Lipinski definition) is 6. The number of nitrogens with one attached hydrogen (secondary N) is 1. The lowest BCUT2D eigenvalue weighted by Crippen LogP contribution is -2.34. The lowest BCUT2D eigenvalue weighted by atomic mass is 10.2. The molecule has 0 spiro atoms. The van der Waals surface area contributed by atoms with Gasteiger partial charge < -0.3 is 15.0 Å². The van der Waals surface area contributed by atoms with E-state index in [1.54, 1.807) is 11.8 Å². The summed E-state index contributed by atoms with van der Waals surface area (Å²) in [5, 5.41) is 3.43. The molecule has 0 bridgehead atoms. The Labute approximate surface area is 125 Å². The summed E-state index contributed by atoms with van der Waals surface area (Å²) >= 11 is 1.22. The van der Waals surface area contributed by atoms with Crippen LogP contribution in [0.4, 0.5) is 16.5 Å². The van der Waals surface area contributed by atoms with Crippen molar-refractivity contribution in [3.05, 3.63) is 34.8 Å². The van der Waals surface area contributed by atoms with Crippen molar-refractivity contribution in [2.45, 2.75) is 6.92 Å². The second-order valence-electron chi connectivity index (χ2n) is 4.55. The van der Waals surface area contributed by atoms with Crippen LogP contribution in [0.3, 0.4) is 0 Å². The van der Waals surface area contributed by atoms with Crippen molar-refractivity contribution in [3.63, 3.8) is 0 Å². The van der Waals surface area contributed by atoms with Gasteiger partial charge in [0, 0.05) is 0 Å². The van der Waals surface area contributed by atoms with Crippen LogP contribution in [0.1, 0.15) is 15.4 Å². The molecule has 108 valence electrons. The molecule has 0 saturated carbocycles. The van der Waals surface area contributed by atoms with Gasteiger partial charge in [-0.15, -0.1) is 0 Å². The van der Waals surface area contributed by atoms with E-state index >= 15 is 0 Å². The summed E-state index contributed by atoms with van der Waals surface area (Å²) in [6.07, 6.45) is 0. The number of hydrogen-bond donors (Lipinski definition) is 1. The number of esters is 1. The van der Waals surface area contributed by atoms with Crippen molar-refractivity contribution in [3.8, 4) is 0 Å². The Bertz CT molecular complexity index is 726. The Morgan fingerprint density at radius 2 is 2.19 bits per heavy atom. The first kappa shape index (κ1) is 13.6. The van der Waals surface area contributed by atoms with E-state index in [2.05, 4.69) is 10.3 Å². The number of rotatable bonds is 2. The van der Waals surface area contributed by atoms with Gasteiger partial charge in [0.1, 0.15) is 11.4 Å². The molecule has 0 saturated heterocycles. The molecular weight excluding hydrogens is 290 g/mol. The van der Waals surface area contributed by atoms with Crippen molar-refractivity contribution in [1.29, 1.82) is 0 Å². The van der Waals surface area contributed by atoms with E-state index in [4.69, 9.17) is 4.74 Å². The Kier molecular flexibility index (Phi) is 3.34. The Balaban J connectivity index is 2.05. The SMILES string of the molecule is COC(=O)c1sc(N2CC(=O)Nc3ccccc32)nc1C. The fourth-order valence-corrected chi connectivity index (χ4v) is 3.18. The van der Waals surface area contributed by atoms with Crippen LogP contribution in [0.2, 0.25) is 0 Å². The fraction of sp³-hybridized carbons (Fsp3) is 0.214. The maximum absolute atomic E-state index is 11.8. The molecule has 0 fully saturated rings. The maximum atomic E-state index is 11.8. The molecule has 21 heavy (non-hydrogen) atoms. The zero-order valence-electron chi connectivity index (χ0n) is 11.5. The Hall–Kier alpha value is -2.41. The molecule has 0 radical (unpaired) electrons. The standard InChI is InChI=1S/C14H13N3O3S/c1-8-12(13(19)20-2)21-14(15-8)17-7-11(18)16-9-5-3-4-6-10(9)17/h3-6H,7H2,1-2H3,(H,16,18). The van der Waals surface area contributed by atoms with Gasteiger partial charge in [0.15, 0.2) is 5.13 Å². The number of nitrogens with zero attached hydrogens (tertiary/aromatic N) is 2. The smallest absolute Gasteiger partial charge is 0.350 e. The van der Waals surface area contributed by atoms with Gasteiger partial charge in [-0.2, -0.15) is 0 Å². The zero-order chi connectivity index (χ0) is 15.0. The van der Waals surface area contributed by atoms with Crippen LogP contribution in [0.15, 0.2) is 24.3 Å². The first-order valence-electron chi connectivity index (χ1n) is 6.32. The molecule has 6 nitrogen and oxygen atoms in total. The number of fused-ring (bicyclic) bond motifs is 1. The number of methoxy groups -OCH3 is 1. The fourth-order valence-electron chi connectivity index (χ4n) is 2.18. The number of anilines is 3. The number of aryl methyl sites for hydroxylation is 1. The molecular formula is C14H13N3O3S. The molecule has 1 aromatic heterocycles. The van der Waals surface area contributed by atoms with Gasteiger partial charge >= 0.3 is 5.97 Å². The number of benzene rings is 1. The summed E-state index contributed by atoms with van der Waals surface area (Å²) in [5.41, 5.74) is 2.20. The molecule has 2 heterocycles. The summed E-state index contributed by atoms with van der Waals surface area (Å²) in [6.45, 7) is 1.92. The van der Waals surface area contributed by atoms with E-state index < -0.39 is 5.97 Å². The van der Waals surface area contributed by atoms with Crippen LogP contribution in [-0.4, -0.2) is 30.5 Å². The average molecular weight is 303 g/mol.